The summed E-state index contributed by atoms with van der Waals surface area (Å²) in [5.74, 6) is 0. The molecule has 11 heavy (non-hydrogen) atoms. The Morgan fingerprint density at radius 2 is 1.00 bits per heavy atom. The van der Waals surface area contributed by atoms with E-state index in [0.717, 1.165) is 12.8 Å². The van der Waals surface area contributed by atoms with E-state index in [4.69, 9.17) is 11.5 Å². The summed E-state index contributed by atoms with van der Waals surface area (Å²) < 4.78 is 0. The fraction of sp³-hybridized carbons (Fsp3) is 1.00. The zero-order valence-electron chi connectivity index (χ0n) is 7.26. The van der Waals surface area contributed by atoms with Crippen LogP contribution in [-0.2, 0) is 0 Å². The van der Waals surface area contributed by atoms with Gasteiger partial charge in [0, 0.05) is 12.1 Å². The molecule has 0 aromatic heterocycles. The van der Waals surface area contributed by atoms with Gasteiger partial charge >= 0.3 is 0 Å². The Kier molecular flexibility index (Phi) is 3.87. The van der Waals surface area contributed by atoms with E-state index >= 15 is 0 Å². The molecule has 1 aliphatic rings. The van der Waals surface area contributed by atoms with Gasteiger partial charge in [-0.25, -0.2) is 0 Å². The van der Waals surface area contributed by atoms with Crippen molar-refractivity contribution in [1.29, 1.82) is 0 Å². The molecule has 0 aromatic rings. The van der Waals surface area contributed by atoms with Gasteiger partial charge in [-0.3, -0.25) is 0 Å². The topological polar surface area (TPSA) is 52.0 Å². The Morgan fingerprint density at radius 3 is 1.45 bits per heavy atom. The third kappa shape index (κ3) is 3.21. The van der Waals surface area contributed by atoms with E-state index in [1.54, 1.807) is 0 Å². The molecular formula is C9H20N2. The van der Waals surface area contributed by atoms with Gasteiger partial charge in [0.1, 0.15) is 0 Å². The summed E-state index contributed by atoms with van der Waals surface area (Å²) in [6, 6.07) is 0.515. The van der Waals surface area contributed by atoms with Crippen LogP contribution in [0.15, 0.2) is 0 Å². The highest BCUT2D eigenvalue weighted by atomic mass is 14.8. The highest BCUT2D eigenvalue weighted by Crippen LogP contribution is 2.14. The molecule has 2 heteroatoms. The second kappa shape index (κ2) is 4.73. The molecule has 0 spiro atoms. The van der Waals surface area contributed by atoms with E-state index in [2.05, 4.69) is 0 Å². The molecule has 1 fully saturated rings. The maximum absolute atomic E-state index is 5.89. The van der Waals surface area contributed by atoms with Gasteiger partial charge in [0.25, 0.3) is 0 Å². The number of nitrogens with two attached hydrogens (primary N) is 2. The van der Waals surface area contributed by atoms with Crippen LogP contribution < -0.4 is 11.5 Å². The molecular weight excluding hydrogens is 136 g/mol. The van der Waals surface area contributed by atoms with Crippen LogP contribution in [0, 0.1) is 0 Å². The van der Waals surface area contributed by atoms with Crippen molar-refractivity contribution in [2.24, 2.45) is 11.5 Å². The van der Waals surface area contributed by atoms with Gasteiger partial charge in [-0.15, -0.1) is 0 Å². The van der Waals surface area contributed by atoms with E-state index in [0.29, 0.717) is 0 Å². The minimum absolute atomic E-state index is 0.257. The normalized spacial score (nSPS) is 35.5. The van der Waals surface area contributed by atoms with E-state index in [-0.39, 0.29) is 12.1 Å². The van der Waals surface area contributed by atoms with Crippen molar-refractivity contribution in [1.82, 2.24) is 0 Å². The van der Waals surface area contributed by atoms with Crippen molar-refractivity contribution < 1.29 is 0 Å². The van der Waals surface area contributed by atoms with Crippen LogP contribution in [0.1, 0.15) is 44.9 Å². The second-order valence-electron chi connectivity index (χ2n) is 3.67. The van der Waals surface area contributed by atoms with Gasteiger partial charge in [0.05, 0.1) is 0 Å². The molecule has 0 aromatic carbocycles. The van der Waals surface area contributed by atoms with Gasteiger partial charge in [-0.05, 0) is 12.8 Å². The Hall–Kier alpha value is -0.0800. The number of rotatable bonds is 0. The van der Waals surface area contributed by atoms with Crippen molar-refractivity contribution in [2.45, 2.75) is 57.0 Å². The summed E-state index contributed by atoms with van der Waals surface area (Å²) in [5.41, 5.74) is 11.8. The largest absolute Gasteiger partial charge is 0.326 e. The smallest absolute Gasteiger partial charge is 0.0192 e. The lowest BCUT2D eigenvalue weighted by atomic mass is 10.0. The molecule has 1 aliphatic carbocycles. The first kappa shape index (κ1) is 9.01. The fourth-order valence-corrected chi connectivity index (χ4v) is 1.72. The zero-order chi connectivity index (χ0) is 8.10. The van der Waals surface area contributed by atoms with Gasteiger partial charge < -0.3 is 11.5 Å². The van der Waals surface area contributed by atoms with Crippen molar-refractivity contribution in [2.75, 3.05) is 0 Å². The molecule has 0 aliphatic heterocycles. The lowest BCUT2D eigenvalue weighted by molar-refractivity contribution is 0.462. The maximum atomic E-state index is 5.89. The third-order valence-corrected chi connectivity index (χ3v) is 2.62. The summed E-state index contributed by atoms with van der Waals surface area (Å²) in [4.78, 5) is 0. The minimum Gasteiger partial charge on any atom is -0.326 e. The van der Waals surface area contributed by atoms with Crippen LogP contribution in [0.2, 0.25) is 0 Å². The Morgan fingerprint density at radius 1 is 0.636 bits per heavy atom. The van der Waals surface area contributed by atoms with Crippen molar-refractivity contribution in [3.63, 3.8) is 0 Å². The summed E-state index contributed by atoms with van der Waals surface area (Å²) in [6.45, 7) is 0. The van der Waals surface area contributed by atoms with Crippen molar-refractivity contribution >= 4 is 0 Å². The molecule has 1 rings (SSSR count). The molecule has 1 saturated carbocycles. The van der Waals surface area contributed by atoms with E-state index in [9.17, 15) is 0 Å². The molecule has 0 bridgehead atoms. The SMILES string of the molecule is N[C@@H]1CCCCCCC[C@H]1N. The van der Waals surface area contributed by atoms with Crippen LogP contribution in [0.4, 0.5) is 0 Å². The summed E-state index contributed by atoms with van der Waals surface area (Å²) in [5, 5.41) is 0. The first-order valence-electron chi connectivity index (χ1n) is 4.82. The average Bonchev–Trinajstić information content (AvgIpc) is 2.07. The second-order valence-corrected chi connectivity index (χ2v) is 3.67. The van der Waals surface area contributed by atoms with Crippen LogP contribution in [0.3, 0.4) is 0 Å². The summed E-state index contributed by atoms with van der Waals surface area (Å²) in [6.07, 6.45) is 8.87. The molecule has 0 amide bonds. The number of hydrogen-bond acceptors (Lipinski definition) is 2. The third-order valence-electron chi connectivity index (χ3n) is 2.62. The molecule has 0 radical (unpaired) electrons. The molecule has 0 heterocycles. The van der Waals surface area contributed by atoms with Crippen LogP contribution in [0.5, 0.6) is 0 Å². The molecule has 2 atom stereocenters. The van der Waals surface area contributed by atoms with Gasteiger partial charge in [0.2, 0.25) is 0 Å². The van der Waals surface area contributed by atoms with Crippen molar-refractivity contribution in [3.05, 3.63) is 0 Å². The lowest BCUT2D eigenvalue weighted by Gasteiger charge is -2.17. The monoisotopic (exact) mass is 156 g/mol. The molecule has 0 unspecified atom stereocenters. The van der Waals surface area contributed by atoms with Crippen molar-refractivity contribution in [3.8, 4) is 0 Å². The molecule has 2 nitrogen and oxygen atoms in total. The zero-order valence-corrected chi connectivity index (χ0v) is 7.26. The first-order valence-corrected chi connectivity index (χ1v) is 4.82. The van der Waals surface area contributed by atoms with Gasteiger partial charge in [-0.1, -0.05) is 32.1 Å². The Balaban J connectivity index is 2.29. The number of hydrogen-bond donors (Lipinski definition) is 2. The Bertz CT molecular complexity index is 91.7. The molecule has 4 N–H and O–H groups in total. The summed E-state index contributed by atoms with van der Waals surface area (Å²) >= 11 is 0. The lowest BCUT2D eigenvalue weighted by Crippen LogP contribution is -2.40. The predicted octanol–water partition coefficient (Wildman–Crippen LogP) is 1.39. The van der Waals surface area contributed by atoms with E-state index in [1.807, 2.05) is 0 Å². The highest BCUT2D eigenvalue weighted by Gasteiger charge is 2.13. The highest BCUT2D eigenvalue weighted by molar-refractivity contribution is 4.76. The van der Waals surface area contributed by atoms with E-state index in [1.165, 1.54) is 32.1 Å². The minimum atomic E-state index is 0.257. The maximum Gasteiger partial charge on any atom is 0.0192 e. The summed E-state index contributed by atoms with van der Waals surface area (Å²) in [7, 11) is 0. The molecule has 66 valence electrons. The van der Waals surface area contributed by atoms with Gasteiger partial charge in [0.15, 0.2) is 0 Å². The van der Waals surface area contributed by atoms with Gasteiger partial charge in [-0.2, -0.15) is 0 Å². The first-order chi connectivity index (χ1) is 5.30. The predicted molar refractivity (Wildman–Crippen MR) is 48.3 cm³/mol. The fourth-order valence-electron chi connectivity index (χ4n) is 1.72. The van der Waals surface area contributed by atoms with Crippen LogP contribution in [-0.4, -0.2) is 12.1 Å². The quantitative estimate of drug-likeness (QED) is 0.557. The van der Waals surface area contributed by atoms with Crippen LogP contribution >= 0.6 is 0 Å². The van der Waals surface area contributed by atoms with Crippen LogP contribution in [0.25, 0.3) is 0 Å². The van der Waals surface area contributed by atoms with E-state index < -0.39 is 0 Å². The average molecular weight is 156 g/mol. The standard InChI is InChI=1S/C9H20N2/c10-8-6-4-2-1-3-5-7-9(8)11/h8-9H,1-7,10-11H2/t8-,9-/m1/s1. The molecule has 0 saturated heterocycles. The Labute approximate surface area is 69.3 Å².